The molecule has 0 aliphatic heterocycles. The molecule has 2 N–H and O–H groups in total. The zero-order chi connectivity index (χ0) is 23.3. The minimum Gasteiger partial charge on any atom is -0.484 e. The van der Waals surface area contributed by atoms with E-state index < -0.39 is 0 Å². The minimum absolute atomic E-state index is 0.0629. The van der Waals surface area contributed by atoms with Crippen LogP contribution in [0.3, 0.4) is 0 Å². The van der Waals surface area contributed by atoms with Crippen molar-refractivity contribution in [2.75, 3.05) is 11.9 Å². The Morgan fingerprint density at radius 2 is 1.44 bits per heavy atom. The number of nitrogens with zero attached hydrogens (tertiary/aromatic N) is 1. The summed E-state index contributed by atoms with van der Waals surface area (Å²) in [4.78, 5) is 33.0. The van der Waals surface area contributed by atoms with Crippen molar-refractivity contribution in [2.24, 2.45) is 0 Å². The highest BCUT2D eigenvalue weighted by Gasteiger charge is 2.13. The average Bonchev–Trinajstić information content (AvgIpc) is 3.32. The van der Waals surface area contributed by atoms with Gasteiger partial charge in [0.15, 0.2) is 12.4 Å². The first-order valence-electron chi connectivity index (χ1n) is 10.8. The van der Waals surface area contributed by atoms with Crippen LogP contribution < -0.4 is 10.1 Å². The quantitative estimate of drug-likeness (QED) is 0.324. The van der Waals surface area contributed by atoms with E-state index in [0.717, 1.165) is 16.6 Å². The Kier molecular flexibility index (Phi) is 5.86. The molecule has 0 spiro atoms. The van der Waals surface area contributed by atoms with Crippen molar-refractivity contribution >= 4 is 28.4 Å². The number of fused-ring (bicyclic) bond motifs is 1. The summed E-state index contributed by atoms with van der Waals surface area (Å²) < 4.78 is 5.63. The molecule has 0 saturated carbocycles. The Labute approximate surface area is 196 Å². The number of amides is 1. The van der Waals surface area contributed by atoms with Crippen LogP contribution in [0.4, 0.5) is 5.69 Å². The first-order chi connectivity index (χ1) is 16.7. The van der Waals surface area contributed by atoms with Gasteiger partial charge in [-0.05, 0) is 48.5 Å². The lowest BCUT2D eigenvalue weighted by Crippen LogP contribution is -2.20. The molecule has 166 valence electrons. The maximum atomic E-state index is 12.6. The second-order valence-electron chi connectivity index (χ2n) is 7.70. The second-order valence-corrected chi connectivity index (χ2v) is 7.70. The van der Waals surface area contributed by atoms with Crippen molar-refractivity contribution in [3.05, 3.63) is 114 Å². The normalized spacial score (nSPS) is 10.7. The second kappa shape index (κ2) is 9.42. The van der Waals surface area contributed by atoms with Gasteiger partial charge < -0.3 is 15.0 Å². The highest BCUT2D eigenvalue weighted by molar-refractivity contribution is 6.09. The zero-order valence-corrected chi connectivity index (χ0v) is 18.2. The van der Waals surface area contributed by atoms with Gasteiger partial charge in [-0.3, -0.25) is 9.59 Å². The number of anilines is 1. The molecule has 1 aromatic heterocycles. The highest BCUT2D eigenvalue weighted by atomic mass is 16.5. The maximum Gasteiger partial charge on any atom is 0.262 e. The summed E-state index contributed by atoms with van der Waals surface area (Å²) >= 11 is 0. The zero-order valence-electron chi connectivity index (χ0n) is 18.2. The topological polar surface area (TPSA) is 84.1 Å². The first kappa shape index (κ1) is 21.2. The Morgan fingerprint density at radius 3 is 2.24 bits per heavy atom. The summed E-state index contributed by atoms with van der Waals surface area (Å²) in [5.41, 5.74) is 4.39. The van der Waals surface area contributed by atoms with Crippen LogP contribution >= 0.6 is 0 Å². The lowest BCUT2D eigenvalue weighted by molar-refractivity contribution is -0.118. The molecular weight excluding hydrogens is 426 g/mol. The summed E-state index contributed by atoms with van der Waals surface area (Å²) in [7, 11) is 0. The van der Waals surface area contributed by atoms with Crippen LogP contribution in [0.25, 0.3) is 22.4 Å². The van der Waals surface area contributed by atoms with Crippen LogP contribution in [-0.2, 0) is 4.79 Å². The number of rotatable bonds is 7. The number of aromatic nitrogens is 2. The Balaban J connectivity index is 1.24. The van der Waals surface area contributed by atoms with Gasteiger partial charge in [0.25, 0.3) is 5.91 Å². The number of ketones is 1. The van der Waals surface area contributed by atoms with E-state index in [1.165, 1.54) is 0 Å². The number of para-hydroxylation sites is 3. The third-order valence-electron chi connectivity index (χ3n) is 5.37. The molecule has 0 aliphatic rings. The molecule has 34 heavy (non-hydrogen) atoms. The Bertz CT molecular complexity index is 1420. The molecule has 0 fully saturated rings. The summed E-state index contributed by atoms with van der Waals surface area (Å²) in [6, 6.07) is 31.1. The largest absolute Gasteiger partial charge is 0.484 e. The van der Waals surface area contributed by atoms with Crippen molar-refractivity contribution in [1.82, 2.24) is 9.97 Å². The van der Waals surface area contributed by atoms with E-state index in [2.05, 4.69) is 15.3 Å². The SMILES string of the molecule is O=C(COc1ccc(C(=O)c2ccccc2)cc1)Nc1ccccc1-c1nc2ccccc2[nH]1. The fourth-order valence-corrected chi connectivity index (χ4v) is 3.67. The monoisotopic (exact) mass is 447 g/mol. The van der Waals surface area contributed by atoms with Gasteiger partial charge in [0, 0.05) is 16.7 Å². The third-order valence-corrected chi connectivity index (χ3v) is 5.37. The fraction of sp³-hybridized carbons (Fsp3) is 0.0357. The number of ether oxygens (including phenoxy) is 1. The first-order valence-corrected chi connectivity index (χ1v) is 10.8. The van der Waals surface area contributed by atoms with E-state index in [9.17, 15) is 9.59 Å². The lowest BCUT2D eigenvalue weighted by Gasteiger charge is -2.11. The Morgan fingerprint density at radius 1 is 0.765 bits per heavy atom. The molecule has 1 amide bonds. The summed E-state index contributed by atoms with van der Waals surface area (Å²) in [6.07, 6.45) is 0. The molecular formula is C28H21N3O3. The van der Waals surface area contributed by atoms with E-state index in [4.69, 9.17) is 4.74 Å². The van der Waals surface area contributed by atoms with Crippen molar-refractivity contribution < 1.29 is 14.3 Å². The minimum atomic E-state index is -0.298. The molecule has 5 rings (SSSR count). The number of hydrogen-bond donors (Lipinski definition) is 2. The molecule has 0 atom stereocenters. The predicted molar refractivity (Wildman–Crippen MR) is 132 cm³/mol. The standard InChI is InChI=1S/C28H21N3O3/c32-26(18-34-21-16-14-20(15-17-21)27(33)19-8-2-1-3-9-19)29-23-11-5-4-10-22(23)28-30-24-12-6-7-13-25(24)31-28/h1-17H,18H2,(H,29,32)(H,30,31). The van der Waals surface area contributed by atoms with Gasteiger partial charge in [-0.2, -0.15) is 0 Å². The number of carbonyl (C=O) groups is 2. The summed E-state index contributed by atoms with van der Waals surface area (Å²) in [5.74, 6) is 0.821. The van der Waals surface area contributed by atoms with Gasteiger partial charge >= 0.3 is 0 Å². The molecule has 0 bridgehead atoms. The van der Waals surface area contributed by atoms with E-state index in [0.29, 0.717) is 28.4 Å². The molecule has 6 nitrogen and oxygen atoms in total. The van der Waals surface area contributed by atoms with Crippen molar-refractivity contribution in [3.8, 4) is 17.1 Å². The van der Waals surface area contributed by atoms with E-state index in [1.807, 2.05) is 66.7 Å². The number of benzene rings is 4. The number of nitrogens with one attached hydrogen (secondary N) is 2. The van der Waals surface area contributed by atoms with Gasteiger partial charge in [-0.1, -0.05) is 54.6 Å². The molecule has 0 unspecified atom stereocenters. The van der Waals surface area contributed by atoms with E-state index in [-0.39, 0.29) is 18.3 Å². The molecule has 4 aromatic carbocycles. The third kappa shape index (κ3) is 4.56. The van der Waals surface area contributed by atoms with Crippen LogP contribution in [0.5, 0.6) is 5.75 Å². The number of hydrogen-bond acceptors (Lipinski definition) is 4. The number of imidazole rings is 1. The highest BCUT2D eigenvalue weighted by Crippen LogP contribution is 2.27. The smallest absolute Gasteiger partial charge is 0.262 e. The summed E-state index contributed by atoms with van der Waals surface area (Å²) in [5, 5.41) is 2.90. The van der Waals surface area contributed by atoms with Gasteiger partial charge in [-0.25, -0.2) is 4.98 Å². The van der Waals surface area contributed by atoms with Crippen LogP contribution in [0.1, 0.15) is 15.9 Å². The lowest BCUT2D eigenvalue weighted by atomic mass is 10.0. The number of H-pyrrole nitrogens is 1. The van der Waals surface area contributed by atoms with Crippen molar-refractivity contribution in [3.63, 3.8) is 0 Å². The fourth-order valence-electron chi connectivity index (χ4n) is 3.67. The average molecular weight is 447 g/mol. The van der Waals surface area contributed by atoms with Crippen molar-refractivity contribution in [2.45, 2.75) is 0 Å². The number of aromatic amines is 1. The molecule has 1 heterocycles. The molecule has 6 heteroatoms. The van der Waals surface area contributed by atoms with Crippen molar-refractivity contribution in [1.29, 1.82) is 0 Å². The molecule has 5 aromatic rings. The molecule has 0 saturated heterocycles. The maximum absolute atomic E-state index is 12.6. The number of carbonyl (C=O) groups excluding carboxylic acids is 2. The Hall–Kier alpha value is -4.71. The van der Waals surface area contributed by atoms with E-state index >= 15 is 0 Å². The van der Waals surface area contributed by atoms with Gasteiger partial charge in [0.2, 0.25) is 0 Å². The molecule has 0 aliphatic carbocycles. The van der Waals surface area contributed by atoms with Gasteiger partial charge in [0.05, 0.1) is 16.7 Å². The van der Waals surface area contributed by atoms with Crippen LogP contribution in [0.15, 0.2) is 103 Å². The summed E-state index contributed by atoms with van der Waals surface area (Å²) in [6.45, 7) is -0.166. The van der Waals surface area contributed by atoms with E-state index in [1.54, 1.807) is 36.4 Å². The predicted octanol–water partition coefficient (Wildman–Crippen LogP) is 5.48. The van der Waals surface area contributed by atoms with Crippen LogP contribution in [0.2, 0.25) is 0 Å². The van der Waals surface area contributed by atoms with Gasteiger partial charge in [-0.15, -0.1) is 0 Å². The van der Waals surface area contributed by atoms with Crippen LogP contribution in [-0.4, -0.2) is 28.3 Å². The molecule has 0 radical (unpaired) electrons. The van der Waals surface area contributed by atoms with Gasteiger partial charge in [0.1, 0.15) is 11.6 Å². The van der Waals surface area contributed by atoms with Crippen LogP contribution in [0, 0.1) is 0 Å².